The van der Waals surface area contributed by atoms with E-state index in [4.69, 9.17) is 4.99 Å². The molecule has 1 saturated heterocycles. The van der Waals surface area contributed by atoms with Crippen LogP contribution in [0, 0.1) is 0 Å². The molecule has 1 aliphatic carbocycles. The number of likely N-dealkylation sites (tertiary alicyclic amines) is 1. The van der Waals surface area contributed by atoms with E-state index in [-0.39, 0.29) is 30.1 Å². The van der Waals surface area contributed by atoms with Crippen molar-refractivity contribution in [3.8, 4) is 0 Å². The van der Waals surface area contributed by atoms with Crippen LogP contribution in [0.4, 0.5) is 13.2 Å². The summed E-state index contributed by atoms with van der Waals surface area (Å²) in [7, 11) is 0. The Morgan fingerprint density at radius 2 is 1.67 bits per heavy atom. The van der Waals surface area contributed by atoms with Gasteiger partial charge in [0.25, 0.3) is 5.91 Å². The molecule has 2 aromatic rings. The Kier molecular flexibility index (Phi) is 6.57. The topological polar surface area (TPSA) is 65.9 Å². The molecular formula is C27H29F3N4O2. The molecule has 3 aliphatic rings. The summed E-state index contributed by atoms with van der Waals surface area (Å²) in [4.78, 5) is 39.6. The standard InChI is InChI=1S/C27H29F3N4O2/c28-27(29,30)21-9-7-20(8-10-21)24-25(36)34(26(32-24)13-3-1-4-14-26)18-23(35)33-17-5-2-6-22(33)19-11-15-31-16-12-19/h7-12,15-16,22H,1-6,13-14,17-18H2. The Bertz CT molecular complexity index is 1140. The van der Waals surface area contributed by atoms with Crippen LogP contribution >= 0.6 is 0 Å². The Morgan fingerprint density at radius 1 is 0.972 bits per heavy atom. The lowest BCUT2D eigenvalue weighted by atomic mass is 9.88. The highest BCUT2D eigenvalue weighted by molar-refractivity contribution is 6.47. The fourth-order valence-electron chi connectivity index (χ4n) is 5.75. The Morgan fingerprint density at radius 3 is 2.33 bits per heavy atom. The minimum Gasteiger partial charge on any atom is -0.334 e. The molecular weight excluding hydrogens is 469 g/mol. The highest BCUT2D eigenvalue weighted by Gasteiger charge is 2.49. The summed E-state index contributed by atoms with van der Waals surface area (Å²) in [5.41, 5.74) is -0.0718. The fourth-order valence-corrected chi connectivity index (χ4v) is 5.75. The van der Waals surface area contributed by atoms with E-state index < -0.39 is 17.4 Å². The van der Waals surface area contributed by atoms with Crippen molar-refractivity contribution in [3.63, 3.8) is 0 Å². The maximum absolute atomic E-state index is 13.6. The van der Waals surface area contributed by atoms with E-state index in [1.807, 2.05) is 17.0 Å². The van der Waals surface area contributed by atoms with Crippen LogP contribution < -0.4 is 0 Å². The summed E-state index contributed by atoms with van der Waals surface area (Å²) in [5, 5.41) is 0. The van der Waals surface area contributed by atoms with Crippen molar-refractivity contribution in [3.05, 3.63) is 65.5 Å². The zero-order valence-electron chi connectivity index (χ0n) is 20.0. The van der Waals surface area contributed by atoms with Gasteiger partial charge in [0.2, 0.25) is 5.91 Å². The minimum absolute atomic E-state index is 0.0652. The van der Waals surface area contributed by atoms with Crippen LogP contribution in [0.2, 0.25) is 0 Å². The van der Waals surface area contributed by atoms with E-state index in [9.17, 15) is 22.8 Å². The van der Waals surface area contributed by atoms with Gasteiger partial charge in [0.05, 0.1) is 11.6 Å². The summed E-state index contributed by atoms with van der Waals surface area (Å²) < 4.78 is 39.1. The van der Waals surface area contributed by atoms with Gasteiger partial charge in [-0.3, -0.25) is 19.6 Å². The molecule has 1 unspecified atom stereocenters. The van der Waals surface area contributed by atoms with Gasteiger partial charge < -0.3 is 9.80 Å². The molecule has 1 aromatic heterocycles. The van der Waals surface area contributed by atoms with Crippen LogP contribution in [0.25, 0.3) is 0 Å². The van der Waals surface area contributed by atoms with E-state index in [1.165, 1.54) is 12.1 Å². The van der Waals surface area contributed by atoms with Crippen LogP contribution in [0.15, 0.2) is 53.8 Å². The lowest BCUT2D eigenvalue weighted by Crippen LogP contribution is -2.53. The van der Waals surface area contributed by atoms with E-state index in [1.54, 1.807) is 17.3 Å². The zero-order valence-corrected chi connectivity index (χ0v) is 20.0. The first kappa shape index (κ1) is 24.5. The molecule has 1 spiro atoms. The van der Waals surface area contributed by atoms with Crippen LogP contribution in [0.5, 0.6) is 0 Å². The molecule has 1 aromatic carbocycles. The van der Waals surface area contributed by atoms with Crippen LogP contribution in [-0.2, 0) is 15.8 Å². The monoisotopic (exact) mass is 498 g/mol. The van der Waals surface area contributed by atoms with Gasteiger partial charge in [-0.25, -0.2) is 0 Å². The molecule has 6 nitrogen and oxygen atoms in total. The number of aromatic nitrogens is 1. The van der Waals surface area contributed by atoms with E-state index in [0.717, 1.165) is 56.2 Å². The molecule has 9 heteroatoms. The molecule has 0 N–H and O–H groups in total. The normalized spacial score (nSPS) is 22.1. The van der Waals surface area contributed by atoms with Gasteiger partial charge in [0.15, 0.2) is 0 Å². The maximum Gasteiger partial charge on any atom is 0.416 e. The number of halogens is 3. The molecule has 3 heterocycles. The molecule has 1 saturated carbocycles. The van der Waals surface area contributed by atoms with Gasteiger partial charge in [-0.2, -0.15) is 13.2 Å². The first-order valence-corrected chi connectivity index (χ1v) is 12.6. The third-order valence-electron chi connectivity index (χ3n) is 7.62. The van der Waals surface area contributed by atoms with Crippen molar-refractivity contribution in [2.75, 3.05) is 13.1 Å². The number of carbonyl (C=O) groups is 2. The smallest absolute Gasteiger partial charge is 0.334 e. The van der Waals surface area contributed by atoms with Crippen molar-refractivity contribution in [1.29, 1.82) is 0 Å². The number of pyridine rings is 1. The zero-order chi connectivity index (χ0) is 25.3. The molecule has 5 rings (SSSR count). The van der Waals surface area contributed by atoms with Gasteiger partial charge in [0.1, 0.15) is 17.9 Å². The average molecular weight is 499 g/mol. The Labute approximate surface area is 208 Å². The molecule has 1 atom stereocenters. The summed E-state index contributed by atoms with van der Waals surface area (Å²) >= 11 is 0. The second-order valence-electron chi connectivity index (χ2n) is 9.85. The SMILES string of the molecule is O=C(CN1C(=O)C(c2ccc(C(F)(F)F)cc2)=NC12CCCCC2)N1CCCCC1c1ccncc1. The maximum atomic E-state index is 13.6. The Balaban J connectivity index is 1.41. The van der Waals surface area contributed by atoms with Gasteiger partial charge in [-0.05, 0) is 74.8 Å². The molecule has 0 radical (unpaired) electrons. The van der Waals surface area contributed by atoms with Gasteiger partial charge in [-0.1, -0.05) is 18.6 Å². The summed E-state index contributed by atoms with van der Waals surface area (Å²) in [6.45, 7) is 0.529. The number of hydrogen-bond donors (Lipinski definition) is 0. The fraction of sp³-hybridized carbons (Fsp3) is 0.481. The lowest BCUT2D eigenvalue weighted by Gasteiger charge is -2.41. The quantitative estimate of drug-likeness (QED) is 0.586. The number of nitrogens with zero attached hydrogens (tertiary/aromatic N) is 4. The second kappa shape index (κ2) is 9.67. The lowest BCUT2D eigenvalue weighted by molar-refractivity contribution is -0.144. The number of hydrogen-bond acceptors (Lipinski definition) is 4. The molecule has 2 fully saturated rings. The number of aliphatic imine (C=N–C) groups is 1. The first-order valence-electron chi connectivity index (χ1n) is 12.6. The largest absolute Gasteiger partial charge is 0.416 e. The van der Waals surface area contributed by atoms with Crippen molar-refractivity contribution in [2.24, 2.45) is 4.99 Å². The molecule has 2 aliphatic heterocycles. The van der Waals surface area contributed by atoms with Crippen LogP contribution in [-0.4, -0.2) is 51.1 Å². The van der Waals surface area contributed by atoms with Crippen LogP contribution in [0.3, 0.4) is 0 Å². The van der Waals surface area contributed by atoms with Crippen molar-refractivity contribution in [2.45, 2.75) is 69.2 Å². The second-order valence-corrected chi connectivity index (χ2v) is 9.85. The van der Waals surface area contributed by atoms with Gasteiger partial charge in [-0.15, -0.1) is 0 Å². The van der Waals surface area contributed by atoms with Gasteiger partial charge in [0, 0.05) is 24.5 Å². The third kappa shape index (κ3) is 4.63. The number of amides is 2. The highest BCUT2D eigenvalue weighted by Crippen LogP contribution is 2.40. The number of carbonyl (C=O) groups excluding carboxylic acids is 2. The molecule has 190 valence electrons. The first-order chi connectivity index (χ1) is 17.3. The number of benzene rings is 1. The van der Waals surface area contributed by atoms with Crippen LogP contribution in [0.1, 0.15) is 74.1 Å². The molecule has 36 heavy (non-hydrogen) atoms. The molecule has 0 bridgehead atoms. The average Bonchev–Trinajstić information content (AvgIpc) is 3.15. The van der Waals surface area contributed by atoms with Crippen molar-refractivity contribution >= 4 is 17.5 Å². The number of rotatable bonds is 4. The summed E-state index contributed by atoms with van der Waals surface area (Å²) in [6, 6.07) is 8.32. The van der Waals surface area contributed by atoms with Gasteiger partial charge >= 0.3 is 6.18 Å². The van der Waals surface area contributed by atoms with E-state index >= 15 is 0 Å². The third-order valence-corrected chi connectivity index (χ3v) is 7.62. The van der Waals surface area contributed by atoms with Crippen molar-refractivity contribution < 1.29 is 22.8 Å². The predicted molar refractivity (Wildman–Crippen MR) is 128 cm³/mol. The highest BCUT2D eigenvalue weighted by atomic mass is 19.4. The minimum atomic E-state index is -4.46. The number of piperidine rings is 1. The Hall–Kier alpha value is -3.23. The summed E-state index contributed by atoms with van der Waals surface area (Å²) in [5.74, 6) is -0.513. The number of alkyl halides is 3. The summed E-state index contributed by atoms with van der Waals surface area (Å²) in [6.07, 6.45) is 5.83. The van der Waals surface area contributed by atoms with E-state index in [2.05, 4.69) is 4.98 Å². The molecule has 2 amide bonds. The van der Waals surface area contributed by atoms with Crippen molar-refractivity contribution in [1.82, 2.24) is 14.8 Å². The van der Waals surface area contributed by atoms with E-state index in [0.29, 0.717) is 24.9 Å². The predicted octanol–water partition coefficient (Wildman–Crippen LogP) is 5.15.